The van der Waals surface area contributed by atoms with Crippen molar-refractivity contribution in [2.45, 2.75) is 96.3 Å². The molecule has 0 bridgehead atoms. The summed E-state index contributed by atoms with van der Waals surface area (Å²) in [6, 6.07) is 6.17. The summed E-state index contributed by atoms with van der Waals surface area (Å²) in [5.41, 5.74) is 6.35. The van der Waals surface area contributed by atoms with Crippen molar-refractivity contribution in [2.24, 2.45) is 5.73 Å². The summed E-state index contributed by atoms with van der Waals surface area (Å²) in [6.07, 6.45) is 24.5. The van der Waals surface area contributed by atoms with E-state index in [4.69, 9.17) is 5.73 Å². The monoisotopic (exact) mass is 358 g/mol. The van der Waals surface area contributed by atoms with Crippen molar-refractivity contribution in [3.63, 3.8) is 0 Å². The molecule has 3 nitrogen and oxygen atoms in total. The van der Waals surface area contributed by atoms with Crippen molar-refractivity contribution in [3.05, 3.63) is 42.2 Å². The van der Waals surface area contributed by atoms with E-state index in [0.29, 0.717) is 6.42 Å². The van der Waals surface area contributed by atoms with E-state index in [1.165, 1.54) is 76.3 Å². The van der Waals surface area contributed by atoms with E-state index in [2.05, 4.69) is 29.3 Å². The van der Waals surface area contributed by atoms with Gasteiger partial charge in [-0.25, -0.2) is 0 Å². The second-order valence-corrected chi connectivity index (χ2v) is 7.23. The zero-order chi connectivity index (χ0) is 18.7. The molecule has 1 rings (SSSR count). The van der Waals surface area contributed by atoms with Crippen molar-refractivity contribution in [1.82, 2.24) is 4.98 Å². The number of hydrogen-bond acceptors (Lipinski definition) is 2. The van der Waals surface area contributed by atoms with E-state index in [1.807, 2.05) is 12.3 Å². The van der Waals surface area contributed by atoms with Gasteiger partial charge in [0.2, 0.25) is 5.91 Å². The standard InChI is InChI=1S/C23H38N2O/c24-23(26)20-15-13-11-9-7-5-3-1-2-4-6-8-10-12-14-18-22-19-16-17-21-25-22/h1,3,16-17,19,21H,2,4-15,18,20H2,(H2,24,26)/b3-1-. The van der Waals surface area contributed by atoms with Crippen molar-refractivity contribution in [2.75, 3.05) is 0 Å². The van der Waals surface area contributed by atoms with Crippen LogP contribution < -0.4 is 5.73 Å². The number of rotatable bonds is 17. The Kier molecular flexibility index (Phi) is 14.5. The fourth-order valence-corrected chi connectivity index (χ4v) is 3.15. The van der Waals surface area contributed by atoms with Gasteiger partial charge in [0.05, 0.1) is 0 Å². The maximum absolute atomic E-state index is 10.6. The molecule has 1 heterocycles. The first-order valence-corrected chi connectivity index (χ1v) is 10.6. The van der Waals surface area contributed by atoms with Crippen LogP contribution in [0.4, 0.5) is 0 Å². The lowest BCUT2D eigenvalue weighted by molar-refractivity contribution is -0.118. The molecule has 0 radical (unpaired) electrons. The van der Waals surface area contributed by atoms with Gasteiger partial charge >= 0.3 is 0 Å². The van der Waals surface area contributed by atoms with Crippen LogP contribution in [0.15, 0.2) is 36.5 Å². The summed E-state index contributed by atoms with van der Waals surface area (Å²) >= 11 is 0. The molecule has 1 aromatic rings. The molecule has 0 unspecified atom stereocenters. The Balaban J connectivity index is 1.76. The number of pyridine rings is 1. The smallest absolute Gasteiger partial charge is 0.217 e. The zero-order valence-corrected chi connectivity index (χ0v) is 16.5. The Bertz CT molecular complexity index is 470. The van der Waals surface area contributed by atoms with Crippen LogP contribution in [-0.2, 0) is 11.2 Å². The predicted octanol–water partition coefficient (Wildman–Crippen LogP) is 6.13. The number of allylic oxidation sites excluding steroid dienone is 2. The maximum Gasteiger partial charge on any atom is 0.217 e. The van der Waals surface area contributed by atoms with Gasteiger partial charge in [-0.3, -0.25) is 9.78 Å². The van der Waals surface area contributed by atoms with E-state index in [-0.39, 0.29) is 5.91 Å². The fraction of sp³-hybridized carbons (Fsp3) is 0.652. The summed E-state index contributed by atoms with van der Waals surface area (Å²) in [7, 11) is 0. The Morgan fingerprint density at radius 1 is 0.808 bits per heavy atom. The summed E-state index contributed by atoms with van der Waals surface area (Å²) < 4.78 is 0. The van der Waals surface area contributed by atoms with Crippen LogP contribution in [-0.4, -0.2) is 10.9 Å². The molecule has 146 valence electrons. The van der Waals surface area contributed by atoms with Crippen LogP contribution in [0.2, 0.25) is 0 Å². The molecular weight excluding hydrogens is 320 g/mol. The second-order valence-electron chi connectivity index (χ2n) is 7.23. The Morgan fingerprint density at radius 2 is 1.38 bits per heavy atom. The predicted molar refractivity (Wildman–Crippen MR) is 111 cm³/mol. The van der Waals surface area contributed by atoms with Gasteiger partial charge in [-0.05, 0) is 57.1 Å². The Labute approximate surface area is 160 Å². The third kappa shape index (κ3) is 14.7. The normalized spacial score (nSPS) is 11.2. The number of hydrogen-bond donors (Lipinski definition) is 1. The Hall–Kier alpha value is -1.64. The summed E-state index contributed by atoms with van der Waals surface area (Å²) in [6.45, 7) is 0. The highest BCUT2D eigenvalue weighted by Crippen LogP contribution is 2.11. The second kappa shape index (κ2) is 16.8. The number of primary amides is 1. The van der Waals surface area contributed by atoms with Crippen LogP contribution in [0, 0.1) is 0 Å². The van der Waals surface area contributed by atoms with Gasteiger partial charge in [-0.15, -0.1) is 0 Å². The van der Waals surface area contributed by atoms with Crippen molar-refractivity contribution >= 4 is 5.91 Å². The third-order valence-electron chi connectivity index (χ3n) is 4.74. The first-order valence-electron chi connectivity index (χ1n) is 10.6. The molecule has 2 N–H and O–H groups in total. The average molecular weight is 359 g/mol. The maximum atomic E-state index is 10.6. The largest absolute Gasteiger partial charge is 0.370 e. The summed E-state index contributed by atoms with van der Waals surface area (Å²) in [5.74, 6) is -0.169. The molecule has 1 amide bonds. The molecule has 0 aromatic carbocycles. The molecule has 1 aromatic heterocycles. The van der Waals surface area contributed by atoms with Gasteiger partial charge in [0, 0.05) is 18.3 Å². The molecule has 0 atom stereocenters. The number of carbonyl (C=O) groups excluding carboxylic acids is 1. The van der Waals surface area contributed by atoms with E-state index < -0.39 is 0 Å². The first-order chi connectivity index (χ1) is 12.8. The van der Waals surface area contributed by atoms with Gasteiger partial charge in [0.1, 0.15) is 0 Å². The molecule has 0 aliphatic rings. The van der Waals surface area contributed by atoms with Crippen LogP contribution in [0.3, 0.4) is 0 Å². The lowest BCUT2D eigenvalue weighted by Gasteiger charge is -2.01. The van der Waals surface area contributed by atoms with Gasteiger partial charge < -0.3 is 5.73 Å². The van der Waals surface area contributed by atoms with E-state index in [1.54, 1.807) is 0 Å². The highest BCUT2D eigenvalue weighted by atomic mass is 16.1. The van der Waals surface area contributed by atoms with Crippen LogP contribution >= 0.6 is 0 Å². The van der Waals surface area contributed by atoms with E-state index >= 15 is 0 Å². The minimum absolute atomic E-state index is 0.169. The molecule has 0 aliphatic heterocycles. The summed E-state index contributed by atoms with van der Waals surface area (Å²) in [4.78, 5) is 15.0. The van der Waals surface area contributed by atoms with Gasteiger partial charge in [-0.2, -0.15) is 0 Å². The molecule has 0 saturated carbocycles. The molecular formula is C23H38N2O. The molecule has 26 heavy (non-hydrogen) atoms. The molecule has 0 fully saturated rings. The first kappa shape index (κ1) is 22.4. The highest BCUT2D eigenvalue weighted by molar-refractivity contribution is 5.73. The van der Waals surface area contributed by atoms with Crippen molar-refractivity contribution < 1.29 is 4.79 Å². The van der Waals surface area contributed by atoms with Crippen molar-refractivity contribution in [1.29, 1.82) is 0 Å². The third-order valence-corrected chi connectivity index (χ3v) is 4.74. The lowest BCUT2D eigenvalue weighted by atomic mass is 10.1. The molecule has 0 saturated heterocycles. The number of aryl methyl sites for hydroxylation is 1. The number of amides is 1. The van der Waals surface area contributed by atoms with E-state index in [0.717, 1.165) is 19.3 Å². The summed E-state index contributed by atoms with van der Waals surface area (Å²) in [5, 5.41) is 0. The van der Waals surface area contributed by atoms with Crippen molar-refractivity contribution in [3.8, 4) is 0 Å². The van der Waals surface area contributed by atoms with Crippen LogP contribution in [0.25, 0.3) is 0 Å². The van der Waals surface area contributed by atoms with E-state index in [9.17, 15) is 4.79 Å². The van der Waals surface area contributed by atoms with Gasteiger partial charge in [-0.1, -0.05) is 63.2 Å². The quantitative estimate of drug-likeness (QED) is 0.269. The molecule has 0 aliphatic carbocycles. The van der Waals surface area contributed by atoms with Gasteiger partial charge in [0.25, 0.3) is 0 Å². The molecule has 0 spiro atoms. The molecule has 3 heteroatoms. The van der Waals surface area contributed by atoms with Crippen LogP contribution in [0.5, 0.6) is 0 Å². The number of unbranched alkanes of at least 4 members (excludes halogenated alkanes) is 11. The number of aromatic nitrogens is 1. The minimum atomic E-state index is -0.169. The minimum Gasteiger partial charge on any atom is -0.370 e. The number of nitrogens with two attached hydrogens (primary N) is 1. The fourth-order valence-electron chi connectivity index (χ4n) is 3.15. The van der Waals surface area contributed by atoms with Crippen LogP contribution in [0.1, 0.15) is 95.6 Å². The Morgan fingerprint density at radius 3 is 1.96 bits per heavy atom. The number of nitrogens with zero attached hydrogens (tertiary/aromatic N) is 1. The average Bonchev–Trinajstić information content (AvgIpc) is 2.65. The highest BCUT2D eigenvalue weighted by Gasteiger charge is 1.95. The lowest BCUT2D eigenvalue weighted by Crippen LogP contribution is -2.09. The number of carbonyl (C=O) groups is 1. The SMILES string of the molecule is NC(=O)CCCCCCC/C=C\CCCCCCCCc1ccccn1. The topological polar surface area (TPSA) is 56.0 Å². The zero-order valence-electron chi connectivity index (χ0n) is 16.5. The van der Waals surface area contributed by atoms with Gasteiger partial charge in [0.15, 0.2) is 0 Å².